The molecule has 230 valence electrons. The number of unbranched alkanes of at least 4 members (excludes halogenated alkanes) is 1. The van der Waals surface area contributed by atoms with Crippen LogP contribution < -0.4 is 4.74 Å². The van der Waals surface area contributed by atoms with Crippen molar-refractivity contribution in [2.75, 3.05) is 33.0 Å². The number of benzene rings is 2. The Morgan fingerprint density at radius 1 is 1.05 bits per heavy atom. The van der Waals surface area contributed by atoms with Crippen molar-refractivity contribution in [3.8, 4) is 5.75 Å². The maximum absolute atomic E-state index is 15.7. The summed E-state index contributed by atoms with van der Waals surface area (Å²) in [7, 11) is 0. The third kappa shape index (κ3) is 7.40. The average molecular weight is 599 g/mol. The van der Waals surface area contributed by atoms with E-state index < -0.39 is 42.0 Å². The van der Waals surface area contributed by atoms with Gasteiger partial charge in [-0.2, -0.15) is 8.78 Å². The summed E-state index contributed by atoms with van der Waals surface area (Å²) in [4.78, 5) is 15.4. The lowest BCUT2D eigenvalue weighted by Crippen LogP contribution is -2.48. The zero-order chi connectivity index (χ0) is 30.7. The number of aliphatic carboxylic acids is 1. The highest BCUT2D eigenvalue weighted by Crippen LogP contribution is 2.43. The van der Waals surface area contributed by atoms with Gasteiger partial charge in [0.15, 0.2) is 0 Å². The minimum atomic E-state index is -4.27. The SMILES string of the molecule is C[C@@H]1Cc2c([nH]c3ccccc23)[C@@H](c2c(F)cc(OCCCCOCCOC(F)(F)C(=O)O)cc2F)N1CC(C)(C)F. The van der Waals surface area contributed by atoms with E-state index in [1.807, 2.05) is 31.2 Å². The molecule has 0 saturated carbocycles. The summed E-state index contributed by atoms with van der Waals surface area (Å²) in [5, 5.41) is 9.26. The number of halogens is 5. The van der Waals surface area contributed by atoms with Crippen molar-refractivity contribution in [3.63, 3.8) is 0 Å². The van der Waals surface area contributed by atoms with Gasteiger partial charge in [-0.1, -0.05) is 18.2 Å². The molecule has 0 unspecified atom stereocenters. The summed E-state index contributed by atoms with van der Waals surface area (Å²) >= 11 is 0. The molecular weight excluding hydrogens is 563 g/mol. The highest BCUT2D eigenvalue weighted by molar-refractivity contribution is 5.85. The lowest BCUT2D eigenvalue weighted by atomic mass is 9.87. The maximum atomic E-state index is 15.7. The number of H-pyrrole nitrogens is 1. The maximum Gasteiger partial charge on any atom is 0.456 e. The Morgan fingerprint density at radius 2 is 1.71 bits per heavy atom. The minimum absolute atomic E-state index is 0.00271. The summed E-state index contributed by atoms with van der Waals surface area (Å²) in [6.45, 7) is 4.25. The molecule has 7 nitrogen and oxygen atoms in total. The van der Waals surface area contributed by atoms with Gasteiger partial charge in [0, 0.05) is 53.5 Å². The van der Waals surface area contributed by atoms with Crippen LogP contribution in [0.4, 0.5) is 22.0 Å². The van der Waals surface area contributed by atoms with Crippen LogP contribution in [-0.4, -0.2) is 71.8 Å². The van der Waals surface area contributed by atoms with Gasteiger partial charge in [-0.05, 0) is 51.7 Å². The Morgan fingerprint density at radius 3 is 2.38 bits per heavy atom. The normalized spacial score (nSPS) is 17.9. The second kappa shape index (κ2) is 13.0. The van der Waals surface area contributed by atoms with Crippen molar-refractivity contribution in [1.29, 1.82) is 0 Å². The first kappa shape index (κ1) is 31.7. The van der Waals surface area contributed by atoms with Crippen LogP contribution in [0.1, 0.15) is 56.5 Å². The molecule has 42 heavy (non-hydrogen) atoms. The molecule has 1 aliphatic rings. The predicted octanol–water partition coefficient (Wildman–Crippen LogP) is 6.40. The Labute approximate surface area is 240 Å². The molecule has 2 atom stereocenters. The van der Waals surface area contributed by atoms with Gasteiger partial charge in [0.05, 0.1) is 25.9 Å². The van der Waals surface area contributed by atoms with Crippen LogP contribution in [0.25, 0.3) is 10.9 Å². The Kier molecular flexibility index (Phi) is 9.79. The summed E-state index contributed by atoms with van der Waals surface area (Å²) in [6, 6.07) is 8.83. The van der Waals surface area contributed by atoms with Crippen LogP contribution in [0.5, 0.6) is 5.75 Å². The highest BCUT2D eigenvalue weighted by atomic mass is 19.3. The lowest BCUT2D eigenvalue weighted by molar-refractivity contribution is -0.248. The van der Waals surface area contributed by atoms with Crippen molar-refractivity contribution >= 4 is 16.9 Å². The van der Waals surface area contributed by atoms with Gasteiger partial charge < -0.3 is 24.3 Å². The van der Waals surface area contributed by atoms with Crippen molar-refractivity contribution < 1.29 is 46.1 Å². The molecular formula is C30H35F5N2O5. The van der Waals surface area contributed by atoms with Crippen molar-refractivity contribution in [3.05, 3.63) is 64.9 Å². The van der Waals surface area contributed by atoms with Gasteiger partial charge in [-0.25, -0.2) is 18.0 Å². The van der Waals surface area contributed by atoms with E-state index in [-0.39, 0.29) is 43.7 Å². The highest BCUT2D eigenvalue weighted by Gasteiger charge is 2.41. The number of nitrogens with one attached hydrogen (secondary N) is 1. The fraction of sp³-hybridized carbons (Fsp3) is 0.500. The second-order valence-electron chi connectivity index (χ2n) is 11.0. The third-order valence-corrected chi connectivity index (χ3v) is 7.11. The Balaban J connectivity index is 1.42. The van der Waals surface area contributed by atoms with E-state index in [1.165, 1.54) is 13.8 Å². The number of carboxylic acids is 1. The van der Waals surface area contributed by atoms with Crippen molar-refractivity contribution in [2.24, 2.45) is 0 Å². The number of nitrogens with zero attached hydrogens (tertiary/aromatic N) is 1. The molecule has 12 heteroatoms. The van der Waals surface area contributed by atoms with Crippen LogP contribution in [-0.2, 0) is 20.7 Å². The first-order valence-electron chi connectivity index (χ1n) is 13.8. The van der Waals surface area contributed by atoms with Crippen LogP contribution in [0, 0.1) is 11.6 Å². The van der Waals surface area contributed by atoms with E-state index >= 15 is 8.78 Å². The second-order valence-corrected chi connectivity index (χ2v) is 11.0. The average Bonchev–Trinajstić information content (AvgIpc) is 3.26. The first-order valence-corrected chi connectivity index (χ1v) is 13.8. The number of rotatable bonds is 14. The molecule has 1 aliphatic heterocycles. The van der Waals surface area contributed by atoms with Crippen LogP contribution in [0.15, 0.2) is 36.4 Å². The molecule has 0 saturated heterocycles. The summed E-state index contributed by atoms with van der Waals surface area (Å²) in [5.41, 5.74) is 0.653. The molecule has 0 aliphatic carbocycles. The first-order chi connectivity index (χ1) is 19.8. The van der Waals surface area contributed by atoms with E-state index in [9.17, 15) is 18.0 Å². The van der Waals surface area contributed by atoms with Crippen molar-refractivity contribution in [2.45, 2.75) is 63.9 Å². The number of hydrogen-bond acceptors (Lipinski definition) is 5. The molecule has 2 aromatic carbocycles. The van der Waals surface area contributed by atoms with E-state index in [4.69, 9.17) is 14.6 Å². The number of alkyl halides is 3. The number of hydrogen-bond donors (Lipinski definition) is 2. The molecule has 0 amide bonds. The quantitative estimate of drug-likeness (QED) is 0.165. The van der Waals surface area contributed by atoms with Gasteiger partial charge in [-0.15, -0.1) is 0 Å². The molecule has 2 N–H and O–H groups in total. The third-order valence-electron chi connectivity index (χ3n) is 7.11. The van der Waals surface area contributed by atoms with Gasteiger partial charge >= 0.3 is 12.1 Å². The smallest absolute Gasteiger partial charge is 0.456 e. The monoisotopic (exact) mass is 598 g/mol. The molecule has 4 rings (SSSR count). The van der Waals surface area contributed by atoms with Gasteiger partial charge in [0.1, 0.15) is 23.1 Å². The molecule has 0 bridgehead atoms. The number of carboxylic acid groups (broad SMARTS) is 1. The largest absolute Gasteiger partial charge is 0.493 e. The number of ether oxygens (including phenoxy) is 3. The lowest BCUT2D eigenvalue weighted by Gasteiger charge is -2.43. The van der Waals surface area contributed by atoms with Crippen molar-refractivity contribution in [1.82, 2.24) is 9.88 Å². The molecule has 0 fully saturated rings. The number of fused-ring (bicyclic) bond motifs is 3. The van der Waals surface area contributed by atoms with E-state index in [2.05, 4.69) is 9.72 Å². The summed E-state index contributed by atoms with van der Waals surface area (Å²) in [6.07, 6.45) is -2.78. The minimum Gasteiger partial charge on any atom is -0.493 e. The zero-order valence-corrected chi connectivity index (χ0v) is 23.7. The molecule has 3 aromatic rings. The molecule has 1 aromatic heterocycles. The van der Waals surface area contributed by atoms with E-state index in [1.54, 1.807) is 4.90 Å². The number of para-hydroxylation sites is 1. The summed E-state index contributed by atoms with van der Waals surface area (Å²) in [5.74, 6) is -4.00. The van der Waals surface area contributed by atoms with Gasteiger partial charge in [0.2, 0.25) is 0 Å². The summed E-state index contributed by atoms with van der Waals surface area (Å²) < 4.78 is 86.5. The predicted molar refractivity (Wildman–Crippen MR) is 146 cm³/mol. The fourth-order valence-electron chi connectivity index (χ4n) is 5.29. The zero-order valence-electron chi connectivity index (χ0n) is 23.7. The van der Waals surface area contributed by atoms with Crippen LogP contribution in [0.3, 0.4) is 0 Å². The number of aromatic nitrogens is 1. The van der Waals surface area contributed by atoms with Gasteiger partial charge in [-0.3, -0.25) is 4.90 Å². The van der Waals surface area contributed by atoms with E-state index in [0.29, 0.717) is 25.0 Å². The fourth-order valence-corrected chi connectivity index (χ4v) is 5.29. The Bertz CT molecular complexity index is 1370. The number of carbonyl (C=O) groups is 1. The number of aromatic amines is 1. The standard InChI is InChI=1S/C30H35F5N2O5/c1-18-14-21-20-8-4-5-9-24(20)36-26(21)27(37(18)17-29(2,3)33)25-22(31)15-19(16-23(25)32)41-11-7-6-10-40-12-13-42-30(34,35)28(38)39/h4-5,8-9,15-16,18,27,36H,6-7,10-14,17H2,1-3H3,(H,38,39)/t18-,27-/m1/s1. The van der Waals surface area contributed by atoms with Gasteiger partial charge in [0.25, 0.3) is 0 Å². The van der Waals surface area contributed by atoms with Crippen LogP contribution >= 0.6 is 0 Å². The van der Waals surface area contributed by atoms with E-state index in [0.717, 1.165) is 28.6 Å². The Hall–Kier alpha value is -3.22. The van der Waals surface area contributed by atoms with Crippen LogP contribution in [0.2, 0.25) is 0 Å². The molecule has 0 spiro atoms. The topological polar surface area (TPSA) is 84.0 Å². The molecule has 0 radical (unpaired) electrons. The molecule has 2 heterocycles.